The molecule has 0 bridgehead atoms. The predicted octanol–water partition coefficient (Wildman–Crippen LogP) is 2.34. The number of nitrogens with zero attached hydrogens (tertiary/aromatic N) is 2. The van der Waals surface area contributed by atoms with E-state index in [4.69, 9.17) is 10.5 Å². The van der Waals surface area contributed by atoms with Gasteiger partial charge in [0.15, 0.2) is 0 Å². The molecule has 0 aromatic carbocycles. The van der Waals surface area contributed by atoms with E-state index in [9.17, 15) is 0 Å². The van der Waals surface area contributed by atoms with Crippen molar-refractivity contribution in [3.63, 3.8) is 0 Å². The fraction of sp³-hybridized carbons (Fsp3) is 0.714. The maximum absolute atomic E-state index is 5.96. The van der Waals surface area contributed by atoms with Gasteiger partial charge in [0.25, 0.3) is 0 Å². The van der Waals surface area contributed by atoms with Crippen LogP contribution in [0.5, 0.6) is 5.88 Å². The molecule has 1 aliphatic carbocycles. The first-order valence-electron chi connectivity index (χ1n) is 7.10. The first-order valence-corrected chi connectivity index (χ1v) is 7.10. The van der Waals surface area contributed by atoms with Crippen molar-refractivity contribution in [3.8, 4) is 5.88 Å². The van der Waals surface area contributed by atoms with Crippen molar-refractivity contribution < 1.29 is 4.74 Å². The highest BCUT2D eigenvalue weighted by Gasteiger charge is 2.30. The van der Waals surface area contributed by atoms with E-state index >= 15 is 0 Å². The third-order valence-electron chi connectivity index (χ3n) is 3.56. The number of rotatable bonds is 5. The van der Waals surface area contributed by atoms with E-state index in [1.807, 2.05) is 13.8 Å². The molecule has 0 unspecified atom stereocenters. The van der Waals surface area contributed by atoms with Gasteiger partial charge in [-0.15, -0.1) is 0 Å². The molecule has 19 heavy (non-hydrogen) atoms. The van der Waals surface area contributed by atoms with Crippen LogP contribution in [0.3, 0.4) is 0 Å². The minimum absolute atomic E-state index is 0.0244. The van der Waals surface area contributed by atoms with Crippen LogP contribution in [-0.2, 0) is 0 Å². The minimum atomic E-state index is -0.0244. The molecule has 1 aromatic rings. The lowest BCUT2D eigenvalue weighted by atomic mass is 9.82. The molecule has 0 amide bonds. The van der Waals surface area contributed by atoms with Crippen LogP contribution in [0.15, 0.2) is 12.4 Å². The lowest BCUT2D eigenvalue weighted by Crippen LogP contribution is -2.47. The molecule has 1 heterocycles. The summed E-state index contributed by atoms with van der Waals surface area (Å²) >= 11 is 0. The summed E-state index contributed by atoms with van der Waals surface area (Å²) in [4.78, 5) is 8.63. The van der Waals surface area contributed by atoms with Crippen LogP contribution < -0.4 is 15.8 Å². The zero-order valence-electron chi connectivity index (χ0n) is 11.9. The van der Waals surface area contributed by atoms with Crippen molar-refractivity contribution in [1.29, 1.82) is 0 Å². The van der Waals surface area contributed by atoms with Gasteiger partial charge >= 0.3 is 0 Å². The molecule has 3 N–H and O–H groups in total. The first kappa shape index (κ1) is 14.1. The number of hydrogen-bond donors (Lipinski definition) is 2. The van der Waals surface area contributed by atoms with Crippen molar-refractivity contribution in [2.45, 2.75) is 57.6 Å². The molecular formula is C14H24N4O. The van der Waals surface area contributed by atoms with Crippen LogP contribution in [0.1, 0.15) is 46.0 Å². The van der Waals surface area contributed by atoms with Gasteiger partial charge in [-0.1, -0.05) is 19.3 Å². The molecule has 0 atom stereocenters. The van der Waals surface area contributed by atoms with Crippen LogP contribution in [-0.4, -0.2) is 28.2 Å². The maximum Gasteiger partial charge on any atom is 0.234 e. The summed E-state index contributed by atoms with van der Waals surface area (Å²) in [7, 11) is 0. The summed E-state index contributed by atoms with van der Waals surface area (Å²) in [5, 5.41) is 3.48. The Bertz CT molecular complexity index is 402. The number of anilines is 1. The Balaban J connectivity index is 2.08. The second kappa shape index (κ2) is 6.19. The molecule has 1 aromatic heterocycles. The van der Waals surface area contributed by atoms with Crippen LogP contribution in [0.4, 0.5) is 5.82 Å². The number of ether oxygens (including phenoxy) is 1. The monoisotopic (exact) mass is 264 g/mol. The predicted molar refractivity (Wildman–Crippen MR) is 76.3 cm³/mol. The van der Waals surface area contributed by atoms with E-state index in [0.29, 0.717) is 12.4 Å². The topological polar surface area (TPSA) is 73.1 Å². The van der Waals surface area contributed by atoms with Crippen LogP contribution in [0.2, 0.25) is 0 Å². The third-order valence-corrected chi connectivity index (χ3v) is 3.56. The molecular weight excluding hydrogens is 240 g/mol. The summed E-state index contributed by atoms with van der Waals surface area (Å²) in [6.45, 7) is 4.58. The van der Waals surface area contributed by atoms with Gasteiger partial charge in [0.2, 0.25) is 5.88 Å². The van der Waals surface area contributed by atoms with Gasteiger partial charge in [-0.05, 0) is 26.7 Å². The number of aromatic nitrogens is 2. The van der Waals surface area contributed by atoms with Gasteiger partial charge < -0.3 is 15.8 Å². The summed E-state index contributed by atoms with van der Waals surface area (Å²) in [5.74, 6) is 1.31. The smallest absolute Gasteiger partial charge is 0.234 e. The lowest BCUT2D eigenvalue weighted by Gasteiger charge is -2.37. The Morgan fingerprint density at radius 3 is 2.68 bits per heavy atom. The van der Waals surface area contributed by atoms with E-state index < -0.39 is 0 Å². The molecule has 0 saturated heterocycles. The molecule has 1 aliphatic rings. The minimum Gasteiger partial charge on any atom is -0.474 e. The standard InChI is InChI=1S/C14H24N4O/c1-11(2)19-13-9-16-8-12(17-13)18-14(10-15)6-4-3-5-7-14/h8-9,11H,3-7,10,15H2,1-2H3,(H,17,18). The van der Waals surface area contributed by atoms with Gasteiger partial charge in [-0.2, -0.15) is 4.98 Å². The van der Waals surface area contributed by atoms with Crippen LogP contribution in [0.25, 0.3) is 0 Å². The zero-order chi connectivity index (χ0) is 13.7. The van der Waals surface area contributed by atoms with Crippen molar-refractivity contribution in [2.75, 3.05) is 11.9 Å². The molecule has 1 saturated carbocycles. The quantitative estimate of drug-likeness (QED) is 0.854. The van der Waals surface area contributed by atoms with Crippen molar-refractivity contribution in [3.05, 3.63) is 12.4 Å². The van der Waals surface area contributed by atoms with Crippen molar-refractivity contribution in [1.82, 2.24) is 9.97 Å². The highest BCUT2D eigenvalue weighted by molar-refractivity contribution is 5.37. The van der Waals surface area contributed by atoms with E-state index in [1.165, 1.54) is 19.3 Å². The molecule has 5 nitrogen and oxygen atoms in total. The lowest BCUT2D eigenvalue weighted by molar-refractivity contribution is 0.231. The Morgan fingerprint density at radius 1 is 1.32 bits per heavy atom. The van der Waals surface area contributed by atoms with E-state index in [2.05, 4.69) is 15.3 Å². The van der Waals surface area contributed by atoms with Crippen LogP contribution >= 0.6 is 0 Å². The average molecular weight is 264 g/mol. The van der Waals surface area contributed by atoms with Crippen molar-refractivity contribution in [2.24, 2.45) is 5.73 Å². The molecule has 1 fully saturated rings. The van der Waals surface area contributed by atoms with Gasteiger partial charge in [-0.3, -0.25) is 4.98 Å². The Hall–Kier alpha value is -1.36. The first-order chi connectivity index (χ1) is 9.13. The van der Waals surface area contributed by atoms with E-state index in [1.54, 1.807) is 12.4 Å². The van der Waals surface area contributed by atoms with Gasteiger partial charge in [0, 0.05) is 6.54 Å². The van der Waals surface area contributed by atoms with Gasteiger partial charge in [0.05, 0.1) is 24.0 Å². The summed E-state index contributed by atoms with van der Waals surface area (Å²) in [6.07, 6.45) is 9.41. The Labute approximate surface area is 115 Å². The fourth-order valence-corrected chi connectivity index (χ4v) is 2.59. The van der Waals surface area contributed by atoms with Gasteiger partial charge in [-0.25, -0.2) is 0 Å². The van der Waals surface area contributed by atoms with Crippen molar-refractivity contribution >= 4 is 5.82 Å². The molecule has 2 rings (SSSR count). The molecule has 106 valence electrons. The highest BCUT2D eigenvalue weighted by Crippen LogP contribution is 2.30. The number of nitrogens with one attached hydrogen (secondary N) is 1. The maximum atomic E-state index is 5.96. The molecule has 0 radical (unpaired) electrons. The fourth-order valence-electron chi connectivity index (χ4n) is 2.59. The second-order valence-corrected chi connectivity index (χ2v) is 5.58. The summed E-state index contributed by atoms with van der Waals surface area (Å²) < 4.78 is 5.57. The average Bonchev–Trinajstić information content (AvgIpc) is 2.39. The Morgan fingerprint density at radius 2 is 2.05 bits per heavy atom. The number of hydrogen-bond acceptors (Lipinski definition) is 5. The SMILES string of the molecule is CC(C)Oc1cncc(NC2(CN)CCCCC2)n1. The molecule has 0 aliphatic heterocycles. The largest absolute Gasteiger partial charge is 0.474 e. The highest BCUT2D eigenvalue weighted by atomic mass is 16.5. The summed E-state index contributed by atoms with van der Waals surface area (Å²) in [6, 6.07) is 0. The van der Waals surface area contributed by atoms with Gasteiger partial charge in [0.1, 0.15) is 5.82 Å². The number of nitrogens with two attached hydrogens (primary N) is 1. The van der Waals surface area contributed by atoms with Crippen LogP contribution in [0, 0.1) is 0 Å². The summed E-state index contributed by atoms with van der Waals surface area (Å²) in [5.41, 5.74) is 5.94. The second-order valence-electron chi connectivity index (χ2n) is 5.58. The molecule has 0 spiro atoms. The van der Waals surface area contributed by atoms with E-state index in [-0.39, 0.29) is 11.6 Å². The normalized spacial score (nSPS) is 18.3. The Kier molecular flexibility index (Phi) is 4.58. The van der Waals surface area contributed by atoms with E-state index in [0.717, 1.165) is 18.7 Å². The molecule has 5 heteroatoms. The third kappa shape index (κ3) is 3.80. The zero-order valence-corrected chi connectivity index (χ0v) is 11.9.